The van der Waals surface area contributed by atoms with E-state index >= 15 is 0 Å². The number of hydrogen-bond donors (Lipinski definition) is 4. The maximum Gasteiger partial charge on any atom is 0.416 e. The lowest BCUT2D eigenvalue weighted by Crippen LogP contribution is -2.49. The van der Waals surface area contributed by atoms with Crippen molar-refractivity contribution in [3.63, 3.8) is 0 Å². The Morgan fingerprint density at radius 1 is 1.02 bits per heavy atom. The summed E-state index contributed by atoms with van der Waals surface area (Å²) in [5.74, 6) is -0.487. The predicted octanol–water partition coefficient (Wildman–Crippen LogP) is 6.14. The van der Waals surface area contributed by atoms with Crippen LogP contribution in [0.25, 0.3) is 16.9 Å². The molecule has 5 rings (SSSR count). The molecule has 0 spiro atoms. The monoisotopic (exact) mass is 625 g/mol. The van der Waals surface area contributed by atoms with E-state index in [1.165, 1.54) is 22.9 Å². The van der Waals surface area contributed by atoms with Crippen molar-refractivity contribution in [3.8, 4) is 16.9 Å². The summed E-state index contributed by atoms with van der Waals surface area (Å²) in [5, 5.41) is 18.4. The van der Waals surface area contributed by atoms with E-state index in [0.717, 1.165) is 62.4 Å². The van der Waals surface area contributed by atoms with Gasteiger partial charge < -0.3 is 0 Å². The lowest BCUT2D eigenvalue weighted by molar-refractivity contribution is -0.190. The largest absolute Gasteiger partial charge is 0.416 e. The van der Waals surface area contributed by atoms with Crippen molar-refractivity contribution in [1.29, 1.82) is 0 Å². The number of halogens is 5. The Hall–Kier alpha value is -2.71. The smallest absolute Gasteiger partial charge is 0.285 e. The van der Waals surface area contributed by atoms with Crippen LogP contribution in [-0.4, -0.2) is 50.3 Å². The molecule has 1 saturated carbocycles. The molecule has 3 aromatic rings. The Kier molecular flexibility index (Phi) is 9.73. The van der Waals surface area contributed by atoms with Crippen LogP contribution in [0.3, 0.4) is 0 Å². The van der Waals surface area contributed by atoms with Gasteiger partial charge in [-0.15, -0.1) is 0 Å². The minimum Gasteiger partial charge on any atom is -0.285 e. The molecule has 2 heterocycles. The van der Waals surface area contributed by atoms with Crippen LogP contribution in [-0.2, 0) is 12.7 Å². The summed E-state index contributed by atoms with van der Waals surface area (Å²) in [5.41, 5.74) is 9.39. The van der Waals surface area contributed by atoms with Crippen molar-refractivity contribution >= 4 is 29.1 Å². The lowest BCUT2D eigenvalue weighted by Gasteiger charge is -2.26. The molecule has 2 aliphatic rings. The van der Waals surface area contributed by atoms with Crippen LogP contribution in [0.1, 0.15) is 66.6 Å². The van der Waals surface area contributed by atoms with E-state index < -0.39 is 17.6 Å². The Balaban J connectivity index is 1.58. The highest BCUT2D eigenvalue weighted by atomic mass is 35.5. The number of hydrazine groups is 3. The summed E-state index contributed by atoms with van der Waals surface area (Å²) >= 11 is 12.7. The van der Waals surface area contributed by atoms with Crippen LogP contribution >= 0.6 is 23.2 Å². The normalized spacial score (nSPS) is 16.8. The number of aromatic nitrogens is 2. The van der Waals surface area contributed by atoms with Gasteiger partial charge in [-0.25, -0.2) is 20.5 Å². The van der Waals surface area contributed by atoms with Gasteiger partial charge in [-0.3, -0.25) is 15.4 Å². The molecule has 0 radical (unpaired) electrons. The molecule has 2 aromatic carbocycles. The number of carbonyl (C=O) groups excluding carboxylic acids is 1. The van der Waals surface area contributed by atoms with Gasteiger partial charge in [-0.2, -0.15) is 18.3 Å². The third-order valence-corrected chi connectivity index (χ3v) is 8.04. The molecule has 0 unspecified atom stereocenters. The van der Waals surface area contributed by atoms with Gasteiger partial charge in [-0.05, 0) is 56.0 Å². The number of piperidine rings is 1. The average Bonchev–Trinajstić information content (AvgIpc) is 3.60. The van der Waals surface area contributed by atoms with Gasteiger partial charge in [0.05, 0.1) is 22.0 Å². The van der Waals surface area contributed by atoms with E-state index in [4.69, 9.17) is 23.2 Å². The van der Waals surface area contributed by atoms with Crippen molar-refractivity contribution in [1.82, 2.24) is 36.3 Å². The molecule has 42 heavy (non-hydrogen) atoms. The first-order chi connectivity index (χ1) is 20.1. The minimum atomic E-state index is -4.52. The van der Waals surface area contributed by atoms with Gasteiger partial charge in [0.1, 0.15) is 0 Å². The number of hydrogen-bond acceptors (Lipinski definition) is 7. The van der Waals surface area contributed by atoms with Crippen LogP contribution in [0, 0.1) is 0 Å². The zero-order valence-electron chi connectivity index (χ0n) is 22.7. The first-order valence-corrected chi connectivity index (χ1v) is 14.7. The van der Waals surface area contributed by atoms with E-state index in [2.05, 4.69) is 21.4 Å². The second-order valence-electron chi connectivity index (χ2n) is 10.5. The van der Waals surface area contributed by atoms with E-state index in [1.54, 1.807) is 12.1 Å². The Bertz CT molecular complexity index is 1390. The molecule has 226 valence electrons. The third kappa shape index (κ3) is 7.25. The summed E-state index contributed by atoms with van der Waals surface area (Å²) < 4.78 is 41.6. The summed E-state index contributed by atoms with van der Waals surface area (Å²) in [6, 6.07) is 9.43. The maximum absolute atomic E-state index is 13.7. The fourth-order valence-corrected chi connectivity index (χ4v) is 5.86. The van der Waals surface area contributed by atoms with Crippen molar-refractivity contribution in [2.75, 3.05) is 13.1 Å². The number of nitrogens with zero attached hydrogens (tertiary/aromatic N) is 4. The van der Waals surface area contributed by atoms with Gasteiger partial charge in [0.15, 0.2) is 5.69 Å². The predicted molar refractivity (Wildman–Crippen MR) is 153 cm³/mol. The Labute approximate surface area is 251 Å². The van der Waals surface area contributed by atoms with Crippen LogP contribution in [0.4, 0.5) is 13.2 Å². The highest BCUT2D eigenvalue weighted by Gasteiger charge is 2.32. The Morgan fingerprint density at radius 3 is 2.36 bits per heavy atom. The molecule has 1 aromatic heterocycles. The zero-order valence-corrected chi connectivity index (χ0v) is 24.2. The van der Waals surface area contributed by atoms with Gasteiger partial charge in [0, 0.05) is 41.8 Å². The van der Waals surface area contributed by atoms with Crippen LogP contribution in [0.5, 0.6) is 0 Å². The SMILES string of the molecule is O=C(NN1CCCCC1)c1nn(-c2ccc(Cl)cc2Cl)c(-c2ccc(C(F)(F)F)cc2)c1CNN(O)NC1CCCC1. The first-order valence-electron chi connectivity index (χ1n) is 13.9. The fourth-order valence-electron chi connectivity index (χ4n) is 5.37. The van der Waals surface area contributed by atoms with Gasteiger partial charge in [-0.1, -0.05) is 59.9 Å². The fraction of sp³-hybridized carbons (Fsp3) is 0.429. The van der Waals surface area contributed by atoms with Gasteiger partial charge >= 0.3 is 6.18 Å². The molecule has 2 fully saturated rings. The van der Waals surface area contributed by atoms with Crippen molar-refractivity contribution in [2.45, 2.75) is 63.7 Å². The summed E-state index contributed by atoms with van der Waals surface area (Å²) in [6.45, 7) is 1.29. The first kappa shape index (κ1) is 30.7. The zero-order chi connectivity index (χ0) is 29.9. The number of nitrogens with one attached hydrogen (secondary N) is 3. The average molecular weight is 627 g/mol. The molecule has 1 aliphatic carbocycles. The van der Waals surface area contributed by atoms with Gasteiger partial charge in [0.25, 0.3) is 5.91 Å². The van der Waals surface area contributed by atoms with E-state index in [0.29, 0.717) is 40.6 Å². The van der Waals surface area contributed by atoms with Crippen molar-refractivity contribution < 1.29 is 23.2 Å². The number of benzene rings is 2. The number of amides is 1. The van der Waals surface area contributed by atoms with Crippen molar-refractivity contribution in [2.24, 2.45) is 0 Å². The Morgan fingerprint density at radius 2 is 1.71 bits per heavy atom. The molecular formula is C28H32Cl2F3N7O2. The number of rotatable bonds is 9. The molecule has 1 aliphatic heterocycles. The summed E-state index contributed by atoms with van der Waals surface area (Å²) in [4.78, 5) is 13.7. The molecule has 0 bridgehead atoms. The molecule has 14 heteroatoms. The lowest BCUT2D eigenvalue weighted by atomic mass is 10.0. The number of carbonyl (C=O) groups is 1. The van der Waals surface area contributed by atoms with E-state index in [1.807, 2.05) is 5.01 Å². The summed E-state index contributed by atoms with van der Waals surface area (Å²) in [6.07, 6.45) is 2.35. The molecule has 0 atom stereocenters. The topological polar surface area (TPSA) is 97.7 Å². The number of alkyl halides is 3. The van der Waals surface area contributed by atoms with Crippen LogP contribution in [0.15, 0.2) is 42.5 Å². The highest BCUT2D eigenvalue weighted by molar-refractivity contribution is 6.35. The second kappa shape index (κ2) is 13.3. The molecular weight excluding hydrogens is 594 g/mol. The third-order valence-electron chi connectivity index (χ3n) is 7.50. The second-order valence-corrected chi connectivity index (χ2v) is 11.3. The van der Waals surface area contributed by atoms with E-state index in [9.17, 15) is 23.2 Å². The van der Waals surface area contributed by atoms with Crippen molar-refractivity contribution in [3.05, 3.63) is 69.3 Å². The van der Waals surface area contributed by atoms with Gasteiger partial charge in [0.2, 0.25) is 0 Å². The quantitative estimate of drug-likeness (QED) is 0.212. The maximum atomic E-state index is 13.7. The molecule has 9 nitrogen and oxygen atoms in total. The van der Waals surface area contributed by atoms with E-state index in [-0.39, 0.29) is 23.3 Å². The molecule has 1 amide bonds. The molecule has 4 N–H and O–H groups in total. The molecule has 1 saturated heterocycles. The van der Waals surface area contributed by atoms with Crippen LogP contribution in [0.2, 0.25) is 10.0 Å². The standard InChI is InChI=1S/C28H32Cl2F3N7O2/c29-20-12-13-24(23(30)16-20)39-26(18-8-10-19(11-9-18)28(31,32)33)22(17-34-40(42)35-21-6-2-3-7-21)25(36-39)27(41)37-38-14-4-1-5-15-38/h8-13,16,21,34-35,42H,1-7,14-15,17H2,(H,37,41). The van der Waals surface area contributed by atoms with Crippen LogP contribution < -0.4 is 16.3 Å². The highest BCUT2D eigenvalue weighted by Crippen LogP contribution is 2.36. The minimum absolute atomic E-state index is 0.0308. The summed E-state index contributed by atoms with van der Waals surface area (Å²) in [7, 11) is 0.